The number of carbonyl (C=O) groups excluding carboxylic acids is 1. The maximum atomic E-state index is 12.3. The summed E-state index contributed by atoms with van der Waals surface area (Å²) in [6, 6.07) is -0.136. The monoisotopic (exact) mass is 279 g/mol. The maximum absolute atomic E-state index is 12.3. The van der Waals surface area contributed by atoms with Gasteiger partial charge in [-0.3, -0.25) is 9.69 Å². The second-order valence-electron chi connectivity index (χ2n) is 5.22. The molecule has 2 aliphatic heterocycles. The summed E-state index contributed by atoms with van der Waals surface area (Å²) < 4.78 is 36.8. The number of nitrogens with zero attached hydrogens (tertiary/aromatic N) is 2. The molecule has 0 radical (unpaired) electrons. The zero-order valence-corrected chi connectivity index (χ0v) is 10.9. The highest BCUT2D eigenvalue weighted by Gasteiger charge is 2.34. The fraction of sp³-hybridized carbons (Fsp3) is 0.917. The third kappa shape index (κ3) is 4.35. The molecule has 110 valence electrons. The minimum atomic E-state index is -4.16. The van der Waals surface area contributed by atoms with Crippen LogP contribution in [0.4, 0.5) is 13.2 Å². The fourth-order valence-electron chi connectivity index (χ4n) is 2.66. The first-order valence-electron chi connectivity index (χ1n) is 6.77. The van der Waals surface area contributed by atoms with Crippen LogP contribution in [0, 0.1) is 0 Å². The molecule has 1 atom stereocenters. The molecule has 0 aromatic rings. The number of hydrogen-bond donors (Lipinski definition) is 1. The summed E-state index contributed by atoms with van der Waals surface area (Å²) in [5.74, 6) is 0.0476. The van der Waals surface area contributed by atoms with Crippen LogP contribution in [0.1, 0.15) is 19.3 Å². The van der Waals surface area contributed by atoms with Crippen LogP contribution >= 0.6 is 0 Å². The molecular formula is C12H20F3N3O. The molecule has 2 saturated heterocycles. The molecule has 0 aliphatic carbocycles. The van der Waals surface area contributed by atoms with Crippen molar-refractivity contribution in [2.24, 2.45) is 0 Å². The number of carbonyl (C=O) groups is 1. The Labute approximate surface area is 110 Å². The Hall–Kier alpha value is -0.820. The molecule has 4 nitrogen and oxygen atoms in total. The van der Waals surface area contributed by atoms with Crippen LogP contribution < -0.4 is 5.32 Å². The summed E-state index contributed by atoms with van der Waals surface area (Å²) in [7, 11) is 0. The predicted octanol–water partition coefficient (Wildman–Crippen LogP) is 0.835. The summed E-state index contributed by atoms with van der Waals surface area (Å²) in [5.41, 5.74) is 0. The Morgan fingerprint density at radius 1 is 1.16 bits per heavy atom. The van der Waals surface area contributed by atoms with Crippen molar-refractivity contribution in [3.63, 3.8) is 0 Å². The lowest BCUT2D eigenvalue weighted by atomic mass is 10.0. The quantitative estimate of drug-likeness (QED) is 0.813. The maximum Gasteiger partial charge on any atom is 0.401 e. The van der Waals surface area contributed by atoms with E-state index in [2.05, 4.69) is 5.32 Å². The topological polar surface area (TPSA) is 35.6 Å². The number of nitrogens with one attached hydrogen (secondary N) is 1. The zero-order chi connectivity index (χ0) is 13.9. The first kappa shape index (κ1) is 14.6. The first-order valence-corrected chi connectivity index (χ1v) is 6.77. The van der Waals surface area contributed by atoms with Crippen molar-refractivity contribution in [2.75, 3.05) is 39.3 Å². The summed E-state index contributed by atoms with van der Waals surface area (Å²) in [5, 5.41) is 3.18. The molecule has 0 saturated carbocycles. The molecule has 0 bridgehead atoms. The lowest BCUT2D eigenvalue weighted by Gasteiger charge is -2.37. The SMILES string of the molecule is O=C(C1CCCCN1)N1CCN(CC(F)(F)F)CC1. The van der Waals surface area contributed by atoms with Gasteiger partial charge in [-0.2, -0.15) is 13.2 Å². The van der Waals surface area contributed by atoms with E-state index in [1.54, 1.807) is 4.90 Å². The van der Waals surface area contributed by atoms with Crippen LogP contribution in [-0.4, -0.2) is 67.2 Å². The Bertz CT molecular complexity index is 308. The third-order valence-corrected chi connectivity index (χ3v) is 3.70. The van der Waals surface area contributed by atoms with Crippen molar-refractivity contribution in [1.82, 2.24) is 15.1 Å². The molecule has 1 unspecified atom stereocenters. The Kier molecular flexibility index (Phi) is 4.67. The van der Waals surface area contributed by atoms with Gasteiger partial charge in [0.2, 0.25) is 5.91 Å². The third-order valence-electron chi connectivity index (χ3n) is 3.70. The molecule has 19 heavy (non-hydrogen) atoms. The van der Waals surface area contributed by atoms with E-state index < -0.39 is 12.7 Å². The molecule has 0 spiro atoms. The average Bonchev–Trinajstić information content (AvgIpc) is 2.38. The smallest absolute Gasteiger partial charge is 0.339 e. The molecule has 2 rings (SSSR count). The van der Waals surface area contributed by atoms with Crippen LogP contribution in [0.15, 0.2) is 0 Å². The van der Waals surface area contributed by atoms with Crippen molar-refractivity contribution in [3.05, 3.63) is 0 Å². The number of halogens is 3. The van der Waals surface area contributed by atoms with Crippen molar-refractivity contribution in [3.8, 4) is 0 Å². The zero-order valence-electron chi connectivity index (χ0n) is 10.9. The van der Waals surface area contributed by atoms with E-state index >= 15 is 0 Å². The number of piperazine rings is 1. The van der Waals surface area contributed by atoms with Crippen LogP contribution in [-0.2, 0) is 4.79 Å². The second-order valence-corrected chi connectivity index (χ2v) is 5.22. The van der Waals surface area contributed by atoms with Gasteiger partial charge in [0, 0.05) is 26.2 Å². The molecule has 2 aliphatic rings. The molecule has 0 aromatic heterocycles. The normalized spacial score (nSPS) is 26.5. The number of alkyl halides is 3. The second kappa shape index (κ2) is 6.09. The van der Waals surface area contributed by atoms with Crippen LogP contribution in [0.2, 0.25) is 0 Å². The van der Waals surface area contributed by atoms with E-state index in [1.807, 2.05) is 0 Å². The van der Waals surface area contributed by atoms with Crippen molar-refractivity contribution >= 4 is 5.91 Å². The van der Waals surface area contributed by atoms with Crippen LogP contribution in [0.25, 0.3) is 0 Å². The Morgan fingerprint density at radius 3 is 2.37 bits per heavy atom. The summed E-state index contributed by atoms with van der Waals surface area (Å²) in [6.07, 6.45) is -1.20. The van der Waals surface area contributed by atoms with Gasteiger partial charge in [0.25, 0.3) is 0 Å². The van der Waals surface area contributed by atoms with Gasteiger partial charge in [0.1, 0.15) is 0 Å². The largest absolute Gasteiger partial charge is 0.401 e. The average molecular weight is 279 g/mol. The Morgan fingerprint density at radius 2 is 1.84 bits per heavy atom. The predicted molar refractivity (Wildman–Crippen MR) is 64.7 cm³/mol. The van der Waals surface area contributed by atoms with E-state index in [1.165, 1.54) is 4.90 Å². The van der Waals surface area contributed by atoms with Crippen molar-refractivity contribution < 1.29 is 18.0 Å². The van der Waals surface area contributed by atoms with E-state index in [4.69, 9.17) is 0 Å². The minimum Gasteiger partial charge on any atom is -0.339 e. The standard InChI is InChI=1S/C12H20F3N3O/c13-12(14,15)9-17-5-7-18(8-6-17)11(19)10-3-1-2-4-16-10/h10,16H,1-9H2. The fourth-order valence-corrected chi connectivity index (χ4v) is 2.66. The van der Waals surface area contributed by atoms with Gasteiger partial charge in [-0.25, -0.2) is 0 Å². The molecular weight excluding hydrogens is 259 g/mol. The highest BCUT2D eigenvalue weighted by atomic mass is 19.4. The molecule has 1 N–H and O–H groups in total. The van der Waals surface area contributed by atoms with Crippen LogP contribution in [0.3, 0.4) is 0 Å². The van der Waals surface area contributed by atoms with E-state index in [9.17, 15) is 18.0 Å². The minimum absolute atomic E-state index is 0.0476. The van der Waals surface area contributed by atoms with E-state index in [0.717, 1.165) is 25.8 Å². The molecule has 0 aromatic carbocycles. The van der Waals surface area contributed by atoms with Crippen LogP contribution in [0.5, 0.6) is 0 Å². The van der Waals surface area contributed by atoms with E-state index in [-0.39, 0.29) is 11.9 Å². The highest BCUT2D eigenvalue weighted by Crippen LogP contribution is 2.18. The number of rotatable bonds is 2. The molecule has 7 heteroatoms. The van der Waals surface area contributed by atoms with Gasteiger partial charge >= 0.3 is 6.18 Å². The van der Waals surface area contributed by atoms with Gasteiger partial charge in [-0.15, -0.1) is 0 Å². The first-order chi connectivity index (χ1) is 8.96. The molecule has 1 amide bonds. The lowest BCUT2D eigenvalue weighted by molar-refractivity contribution is -0.152. The lowest BCUT2D eigenvalue weighted by Crippen LogP contribution is -2.55. The van der Waals surface area contributed by atoms with Gasteiger partial charge < -0.3 is 10.2 Å². The van der Waals surface area contributed by atoms with Gasteiger partial charge in [0.15, 0.2) is 0 Å². The molecule has 2 fully saturated rings. The van der Waals surface area contributed by atoms with Gasteiger partial charge in [-0.05, 0) is 19.4 Å². The van der Waals surface area contributed by atoms with Crippen molar-refractivity contribution in [2.45, 2.75) is 31.5 Å². The number of hydrogen-bond acceptors (Lipinski definition) is 3. The highest BCUT2D eigenvalue weighted by molar-refractivity contribution is 5.82. The number of amides is 1. The van der Waals surface area contributed by atoms with Gasteiger partial charge in [0.05, 0.1) is 12.6 Å². The summed E-state index contributed by atoms with van der Waals surface area (Å²) >= 11 is 0. The van der Waals surface area contributed by atoms with Gasteiger partial charge in [-0.1, -0.05) is 6.42 Å². The van der Waals surface area contributed by atoms with E-state index in [0.29, 0.717) is 26.2 Å². The number of piperidine rings is 1. The summed E-state index contributed by atoms with van der Waals surface area (Å²) in [4.78, 5) is 15.2. The Balaban J connectivity index is 1.77. The summed E-state index contributed by atoms with van der Waals surface area (Å²) in [6.45, 7) is 1.37. The van der Waals surface area contributed by atoms with Crippen molar-refractivity contribution in [1.29, 1.82) is 0 Å². The molecule has 2 heterocycles.